The van der Waals surface area contributed by atoms with E-state index in [1.807, 2.05) is 6.92 Å². The number of nitrogens with one attached hydrogen (secondary N) is 1. The molecule has 0 aromatic carbocycles. The summed E-state index contributed by atoms with van der Waals surface area (Å²) in [7, 11) is 0. The normalized spacial score (nSPS) is 16.4. The molecule has 114 valence electrons. The summed E-state index contributed by atoms with van der Waals surface area (Å²) >= 11 is 1.24. The van der Waals surface area contributed by atoms with Crippen molar-refractivity contribution < 1.29 is 9.59 Å². The fourth-order valence-corrected chi connectivity index (χ4v) is 3.83. The molecule has 2 heterocycles. The van der Waals surface area contributed by atoms with Gasteiger partial charge in [0.2, 0.25) is 5.91 Å². The first-order valence-electron chi connectivity index (χ1n) is 7.25. The van der Waals surface area contributed by atoms with Gasteiger partial charge in [-0.3, -0.25) is 9.69 Å². The van der Waals surface area contributed by atoms with Crippen molar-refractivity contribution in [3.63, 3.8) is 0 Å². The number of thioether (sulfide) groups is 1. The van der Waals surface area contributed by atoms with E-state index in [1.165, 1.54) is 22.2 Å². The minimum atomic E-state index is -0.343. The molecule has 0 atom stereocenters. The molecule has 22 heavy (non-hydrogen) atoms. The Morgan fingerprint density at radius 3 is 3.00 bits per heavy atom. The van der Waals surface area contributed by atoms with Crippen LogP contribution in [0.25, 0.3) is 0 Å². The summed E-state index contributed by atoms with van der Waals surface area (Å²) in [6.07, 6.45) is 2.97. The minimum absolute atomic E-state index is 0.118. The number of rotatable bonds is 3. The van der Waals surface area contributed by atoms with Crippen molar-refractivity contribution in [1.29, 1.82) is 5.26 Å². The molecular formula is C15H16N4O2S. The molecule has 0 saturated carbocycles. The van der Waals surface area contributed by atoms with E-state index < -0.39 is 0 Å². The fourth-order valence-electron chi connectivity index (χ4n) is 2.90. The van der Waals surface area contributed by atoms with E-state index in [1.54, 1.807) is 0 Å². The maximum atomic E-state index is 12.1. The lowest BCUT2D eigenvalue weighted by Crippen LogP contribution is -2.35. The Balaban J connectivity index is 1.78. The van der Waals surface area contributed by atoms with Gasteiger partial charge in [-0.25, -0.2) is 9.78 Å². The Kier molecular flexibility index (Phi) is 4.03. The lowest BCUT2D eigenvalue weighted by Gasteiger charge is -2.13. The van der Waals surface area contributed by atoms with Gasteiger partial charge in [-0.2, -0.15) is 5.26 Å². The maximum absolute atomic E-state index is 12.1. The second kappa shape index (κ2) is 5.97. The van der Waals surface area contributed by atoms with Crippen LogP contribution in [-0.2, 0) is 17.6 Å². The second-order valence-corrected chi connectivity index (χ2v) is 6.34. The molecular weight excluding hydrogens is 300 g/mol. The van der Waals surface area contributed by atoms with Crippen molar-refractivity contribution in [1.82, 2.24) is 15.2 Å². The van der Waals surface area contributed by atoms with Crippen molar-refractivity contribution in [3.05, 3.63) is 22.4 Å². The van der Waals surface area contributed by atoms with Crippen LogP contribution in [0.1, 0.15) is 28.8 Å². The average molecular weight is 316 g/mol. The molecule has 0 unspecified atom stereocenters. The number of pyridine rings is 1. The molecule has 1 aliphatic heterocycles. The Morgan fingerprint density at radius 1 is 1.50 bits per heavy atom. The molecule has 1 fully saturated rings. The highest BCUT2D eigenvalue weighted by molar-refractivity contribution is 8.00. The zero-order valence-corrected chi connectivity index (χ0v) is 13.1. The van der Waals surface area contributed by atoms with Crippen LogP contribution in [0.4, 0.5) is 4.79 Å². The largest absolute Gasteiger partial charge is 0.336 e. The third-order valence-corrected chi connectivity index (χ3v) is 5.03. The Labute approximate surface area is 132 Å². The zero-order valence-electron chi connectivity index (χ0n) is 12.3. The SMILES string of the molecule is Cc1c(C#N)c(SCC(=O)N2CCNC2=O)nc2c1CCC2. The van der Waals surface area contributed by atoms with E-state index in [2.05, 4.69) is 16.4 Å². The second-order valence-electron chi connectivity index (χ2n) is 5.37. The summed E-state index contributed by atoms with van der Waals surface area (Å²) in [6, 6.07) is 1.86. The number of urea groups is 1. The maximum Gasteiger partial charge on any atom is 0.324 e. The molecule has 1 N–H and O–H groups in total. The van der Waals surface area contributed by atoms with E-state index in [0.717, 1.165) is 30.5 Å². The smallest absolute Gasteiger partial charge is 0.324 e. The van der Waals surface area contributed by atoms with Gasteiger partial charge in [0.1, 0.15) is 11.1 Å². The van der Waals surface area contributed by atoms with E-state index in [-0.39, 0.29) is 17.7 Å². The molecule has 1 aromatic rings. The number of imide groups is 1. The first-order chi connectivity index (χ1) is 10.6. The molecule has 0 radical (unpaired) electrons. The van der Waals surface area contributed by atoms with Crippen LogP contribution >= 0.6 is 11.8 Å². The number of aryl methyl sites for hydroxylation is 1. The highest BCUT2D eigenvalue weighted by Crippen LogP contribution is 2.31. The van der Waals surface area contributed by atoms with Crippen LogP contribution in [0, 0.1) is 18.3 Å². The molecule has 0 bridgehead atoms. The van der Waals surface area contributed by atoms with E-state index in [4.69, 9.17) is 0 Å². The Bertz CT molecular complexity index is 696. The zero-order chi connectivity index (χ0) is 15.7. The van der Waals surface area contributed by atoms with Crippen LogP contribution in [0.3, 0.4) is 0 Å². The summed E-state index contributed by atoms with van der Waals surface area (Å²) in [5.41, 5.74) is 3.78. The van der Waals surface area contributed by atoms with Gasteiger partial charge in [0, 0.05) is 18.8 Å². The summed E-state index contributed by atoms with van der Waals surface area (Å²) in [4.78, 5) is 29.3. The van der Waals surface area contributed by atoms with Crippen molar-refractivity contribution in [2.75, 3.05) is 18.8 Å². The standard InChI is InChI=1S/C15H16N4O2S/c1-9-10-3-2-4-12(10)18-14(11(9)7-16)22-8-13(20)19-6-5-17-15(19)21/h2-6,8H2,1H3,(H,17,21). The van der Waals surface area contributed by atoms with Gasteiger partial charge in [-0.1, -0.05) is 11.8 Å². The molecule has 3 rings (SSSR count). The fraction of sp³-hybridized carbons (Fsp3) is 0.467. The predicted octanol–water partition coefficient (Wildman–Crippen LogP) is 1.39. The van der Waals surface area contributed by atoms with E-state index >= 15 is 0 Å². The molecule has 3 amide bonds. The van der Waals surface area contributed by atoms with Crippen LogP contribution in [0.5, 0.6) is 0 Å². The molecule has 6 nitrogen and oxygen atoms in total. The van der Waals surface area contributed by atoms with Crippen LogP contribution < -0.4 is 5.32 Å². The topological polar surface area (TPSA) is 86.1 Å². The number of hydrogen-bond acceptors (Lipinski definition) is 5. The molecule has 1 aliphatic carbocycles. The summed E-state index contributed by atoms with van der Waals surface area (Å²) < 4.78 is 0. The van der Waals surface area contributed by atoms with Crippen LogP contribution in [0.2, 0.25) is 0 Å². The summed E-state index contributed by atoms with van der Waals surface area (Å²) in [6.45, 7) is 2.85. The summed E-state index contributed by atoms with van der Waals surface area (Å²) in [5, 5.41) is 12.6. The Morgan fingerprint density at radius 2 is 2.32 bits per heavy atom. The first kappa shape index (κ1) is 14.9. The van der Waals surface area contributed by atoms with Crippen molar-refractivity contribution >= 4 is 23.7 Å². The van der Waals surface area contributed by atoms with Gasteiger partial charge in [-0.05, 0) is 37.3 Å². The molecule has 7 heteroatoms. The van der Waals surface area contributed by atoms with Gasteiger partial charge >= 0.3 is 6.03 Å². The molecule has 1 aromatic heterocycles. The quantitative estimate of drug-likeness (QED) is 0.852. The number of carbonyl (C=O) groups is 2. The number of fused-ring (bicyclic) bond motifs is 1. The number of aromatic nitrogens is 1. The highest BCUT2D eigenvalue weighted by Gasteiger charge is 2.27. The minimum Gasteiger partial charge on any atom is -0.336 e. The number of nitrogens with zero attached hydrogens (tertiary/aromatic N) is 3. The average Bonchev–Trinajstić information content (AvgIpc) is 3.13. The lowest BCUT2D eigenvalue weighted by molar-refractivity contribution is -0.124. The van der Waals surface area contributed by atoms with Gasteiger partial charge in [0.25, 0.3) is 0 Å². The molecule has 0 spiro atoms. The summed E-state index contributed by atoms with van der Waals surface area (Å²) in [5.74, 6) is -0.128. The number of nitriles is 1. The van der Waals surface area contributed by atoms with Gasteiger partial charge in [0.05, 0.1) is 11.3 Å². The van der Waals surface area contributed by atoms with Gasteiger partial charge in [-0.15, -0.1) is 0 Å². The van der Waals surface area contributed by atoms with Crippen molar-refractivity contribution in [3.8, 4) is 6.07 Å². The van der Waals surface area contributed by atoms with Crippen molar-refractivity contribution in [2.24, 2.45) is 0 Å². The van der Waals surface area contributed by atoms with E-state index in [9.17, 15) is 14.9 Å². The first-order valence-corrected chi connectivity index (χ1v) is 8.24. The molecule has 2 aliphatic rings. The highest BCUT2D eigenvalue weighted by atomic mass is 32.2. The number of amides is 3. The number of hydrogen-bond donors (Lipinski definition) is 1. The van der Waals surface area contributed by atoms with Crippen LogP contribution in [0.15, 0.2) is 5.03 Å². The van der Waals surface area contributed by atoms with Crippen molar-refractivity contribution in [2.45, 2.75) is 31.2 Å². The van der Waals surface area contributed by atoms with Gasteiger partial charge < -0.3 is 5.32 Å². The Hall–Kier alpha value is -2.07. The predicted molar refractivity (Wildman–Crippen MR) is 81.5 cm³/mol. The number of carbonyl (C=O) groups excluding carboxylic acids is 2. The van der Waals surface area contributed by atoms with E-state index in [0.29, 0.717) is 23.7 Å². The third kappa shape index (κ3) is 2.55. The van der Waals surface area contributed by atoms with Gasteiger partial charge in [0.15, 0.2) is 0 Å². The molecule has 1 saturated heterocycles. The lowest BCUT2D eigenvalue weighted by atomic mass is 10.0. The monoisotopic (exact) mass is 316 g/mol. The third-order valence-electron chi connectivity index (χ3n) is 4.07. The van der Waals surface area contributed by atoms with Crippen LogP contribution in [-0.4, -0.2) is 40.7 Å².